The van der Waals surface area contributed by atoms with Crippen molar-refractivity contribution >= 4 is 29.1 Å². The Hall–Kier alpha value is -3.29. The summed E-state index contributed by atoms with van der Waals surface area (Å²) in [5.74, 6) is -2.77. The number of fused-ring (bicyclic) bond motifs is 1. The number of halogens is 1. The molecule has 0 atom stereocenters. The Bertz CT molecular complexity index is 1080. The molecule has 7 nitrogen and oxygen atoms in total. The smallest absolute Gasteiger partial charge is 0.294 e. The molecule has 0 radical (unpaired) electrons. The number of amides is 2. The molecule has 1 aromatic heterocycles. The molecule has 1 aliphatic rings. The lowest BCUT2D eigenvalue weighted by molar-refractivity contribution is -0.127. The lowest BCUT2D eigenvalue weighted by Gasteiger charge is -2.23. The molecule has 0 unspecified atom stereocenters. The molecular formula is C23H26FN3O4. The minimum absolute atomic E-state index is 0.118. The summed E-state index contributed by atoms with van der Waals surface area (Å²) in [5.41, 5.74) is 0.774. The Balaban J connectivity index is 1.90. The summed E-state index contributed by atoms with van der Waals surface area (Å²) in [6.45, 7) is 6.50. The highest BCUT2D eigenvalue weighted by Gasteiger charge is 2.32. The molecular weight excluding hydrogens is 401 g/mol. The molecule has 2 aromatic rings. The third-order valence-electron chi connectivity index (χ3n) is 5.66. The monoisotopic (exact) mass is 427 g/mol. The molecule has 164 valence electrons. The largest absolute Gasteiger partial charge is 0.341 e. The molecule has 2 amide bonds. The number of anilines is 1. The number of nitrogens with one attached hydrogen (secondary N) is 2. The van der Waals surface area contributed by atoms with Crippen molar-refractivity contribution < 1.29 is 23.6 Å². The summed E-state index contributed by atoms with van der Waals surface area (Å²) >= 11 is 0. The molecule has 1 aliphatic heterocycles. The zero-order valence-corrected chi connectivity index (χ0v) is 18.1. The van der Waals surface area contributed by atoms with Crippen molar-refractivity contribution in [1.82, 2.24) is 9.88 Å². The van der Waals surface area contributed by atoms with Gasteiger partial charge in [-0.05, 0) is 76.8 Å². The number of rotatable bonds is 6. The molecule has 3 rings (SSSR count). The zero-order chi connectivity index (χ0) is 22.9. The number of hydrogen-bond acceptors (Lipinski definition) is 4. The number of nitrogens with zero attached hydrogens (tertiary/aromatic N) is 1. The van der Waals surface area contributed by atoms with Crippen molar-refractivity contribution in [2.24, 2.45) is 0 Å². The second-order valence-electron chi connectivity index (χ2n) is 8.38. The minimum atomic E-state index is -1.18. The van der Waals surface area contributed by atoms with E-state index in [9.17, 15) is 23.6 Å². The molecule has 1 aromatic carbocycles. The van der Waals surface area contributed by atoms with Crippen LogP contribution in [0, 0.1) is 12.7 Å². The predicted octanol–water partition coefficient (Wildman–Crippen LogP) is 3.19. The van der Waals surface area contributed by atoms with Crippen LogP contribution in [0.4, 0.5) is 10.1 Å². The maximum atomic E-state index is 13.5. The van der Waals surface area contributed by atoms with Gasteiger partial charge < -0.3 is 15.2 Å². The molecule has 0 aliphatic carbocycles. The van der Waals surface area contributed by atoms with E-state index in [1.165, 1.54) is 45.0 Å². The fourth-order valence-electron chi connectivity index (χ4n) is 3.53. The first-order chi connectivity index (χ1) is 14.5. The van der Waals surface area contributed by atoms with Gasteiger partial charge in [0.2, 0.25) is 0 Å². The van der Waals surface area contributed by atoms with Crippen molar-refractivity contribution in [3.63, 3.8) is 0 Å². The van der Waals surface area contributed by atoms with Crippen molar-refractivity contribution in [2.75, 3.05) is 5.32 Å². The highest BCUT2D eigenvalue weighted by Crippen LogP contribution is 2.26. The molecule has 2 heterocycles. The van der Waals surface area contributed by atoms with E-state index in [2.05, 4.69) is 10.6 Å². The molecule has 0 spiro atoms. The van der Waals surface area contributed by atoms with Crippen molar-refractivity contribution in [3.05, 3.63) is 52.6 Å². The van der Waals surface area contributed by atoms with Crippen LogP contribution >= 0.6 is 0 Å². The Morgan fingerprint density at radius 3 is 2.45 bits per heavy atom. The SMILES string of the molecule is CC(=O)C(C)(C)NC(=O)C(=O)c1cc(C(=O)Nc2ccc(F)c(C)c2)c2n1CCCC2. The first-order valence-electron chi connectivity index (χ1n) is 10.2. The van der Waals surface area contributed by atoms with Crippen LogP contribution in [-0.4, -0.2) is 33.5 Å². The van der Waals surface area contributed by atoms with Gasteiger partial charge >= 0.3 is 0 Å². The lowest BCUT2D eigenvalue weighted by atomic mass is 10.00. The number of carbonyl (C=O) groups is 4. The predicted molar refractivity (Wildman–Crippen MR) is 114 cm³/mol. The summed E-state index contributed by atoms with van der Waals surface area (Å²) < 4.78 is 15.2. The Morgan fingerprint density at radius 2 is 1.81 bits per heavy atom. The Kier molecular flexibility index (Phi) is 6.10. The van der Waals surface area contributed by atoms with Gasteiger partial charge in [-0.1, -0.05) is 0 Å². The van der Waals surface area contributed by atoms with Gasteiger partial charge in [0.05, 0.1) is 16.8 Å². The quantitative estimate of drug-likeness (QED) is 0.547. The third kappa shape index (κ3) is 4.57. The summed E-state index contributed by atoms with van der Waals surface area (Å²) in [4.78, 5) is 50.0. The van der Waals surface area contributed by atoms with Crippen LogP contribution < -0.4 is 10.6 Å². The van der Waals surface area contributed by atoms with Crippen molar-refractivity contribution in [3.8, 4) is 0 Å². The maximum Gasteiger partial charge on any atom is 0.294 e. The number of aryl methyl sites for hydroxylation is 1. The van der Waals surface area contributed by atoms with Crippen molar-refractivity contribution in [1.29, 1.82) is 0 Å². The van der Waals surface area contributed by atoms with E-state index in [0.29, 0.717) is 35.5 Å². The van der Waals surface area contributed by atoms with Crippen LogP contribution in [0.5, 0.6) is 0 Å². The van der Waals surface area contributed by atoms with Crippen LogP contribution in [-0.2, 0) is 22.6 Å². The summed E-state index contributed by atoms with van der Waals surface area (Å²) in [6.07, 6.45) is 2.27. The van der Waals surface area contributed by atoms with Gasteiger partial charge in [0, 0.05) is 17.9 Å². The van der Waals surface area contributed by atoms with E-state index >= 15 is 0 Å². The second-order valence-corrected chi connectivity index (χ2v) is 8.38. The van der Waals surface area contributed by atoms with E-state index in [4.69, 9.17) is 0 Å². The number of carbonyl (C=O) groups excluding carboxylic acids is 4. The van der Waals surface area contributed by atoms with Crippen LogP contribution in [0.25, 0.3) is 0 Å². The van der Waals surface area contributed by atoms with E-state index in [0.717, 1.165) is 12.8 Å². The van der Waals surface area contributed by atoms with Crippen LogP contribution in [0.3, 0.4) is 0 Å². The molecule has 31 heavy (non-hydrogen) atoms. The van der Waals surface area contributed by atoms with E-state index in [1.54, 1.807) is 11.5 Å². The van der Waals surface area contributed by atoms with Gasteiger partial charge in [0.1, 0.15) is 5.82 Å². The summed E-state index contributed by atoms with van der Waals surface area (Å²) in [7, 11) is 0. The Labute approximate surface area is 180 Å². The highest BCUT2D eigenvalue weighted by molar-refractivity contribution is 6.43. The highest BCUT2D eigenvalue weighted by atomic mass is 19.1. The number of Topliss-reactive ketones (excluding diaryl/α,β-unsaturated/α-hetero) is 2. The fraction of sp³-hybridized carbons (Fsp3) is 0.391. The Morgan fingerprint density at radius 1 is 1.10 bits per heavy atom. The standard InChI is InChI=1S/C23H26FN3O4/c1-13-11-15(8-9-17(13)24)25-21(30)16-12-19(27-10-6-5-7-18(16)27)20(29)22(31)26-23(3,4)14(2)28/h8-9,11-12H,5-7,10H2,1-4H3,(H,25,30)(H,26,31). The van der Waals surface area contributed by atoms with E-state index in [1.807, 2.05) is 0 Å². The molecule has 0 saturated carbocycles. The van der Waals surface area contributed by atoms with Gasteiger partial charge in [0.15, 0.2) is 5.78 Å². The van der Waals surface area contributed by atoms with Crippen LogP contribution in [0.15, 0.2) is 24.3 Å². The van der Waals surface area contributed by atoms with Crippen LogP contribution in [0.2, 0.25) is 0 Å². The summed E-state index contributed by atoms with van der Waals surface area (Å²) in [6, 6.07) is 5.69. The fourth-order valence-corrected chi connectivity index (χ4v) is 3.53. The van der Waals surface area contributed by atoms with Crippen molar-refractivity contribution in [2.45, 2.75) is 59.0 Å². The van der Waals surface area contributed by atoms with Gasteiger partial charge in [-0.15, -0.1) is 0 Å². The second kappa shape index (κ2) is 8.45. The van der Waals surface area contributed by atoms with E-state index in [-0.39, 0.29) is 17.3 Å². The minimum Gasteiger partial charge on any atom is -0.341 e. The molecule has 8 heteroatoms. The number of aromatic nitrogens is 1. The average molecular weight is 427 g/mol. The van der Waals surface area contributed by atoms with Gasteiger partial charge in [-0.25, -0.2) is 4.39 Å². The van der Waals surface area contributed by atoms with E-state index < -0.39 is 23.1 Å². The zero-order valence-electron chi connectivity index (χ0n) is 18.1. The first-order valence-corrected chi connectivity index (χ1v) is 10.2. The summed E-state index contributed by atoms with van der Waals surface area (Å²) in [5, 5.41) is 5.20. The van der Waals surface area contributed by atoms with Gasteiger partial charge in [-0.3, -0.25) is 19.2 Å². The third-order valence-corrected chi connectivity index (χ3v) is 5.66. The normalized spacial score (nSPS) is 13.3. The topological polar surface area (TPSA) is 97.3 Å². The average Bonchev–Trinajstić information content (AvgIpc) is 3.09. The molecule has 2 N–H and O–H groups in total. The molecule has 0 fully saturated rings. The van der Waals surface area contributed by atoms with Crippen LogP contribution in [0.1, 0.15) is 65.7 Å². The molecule has 0 saturated heterocycles. The van der Waals surface area contributed by atoms with Gasteiger partial charge in [-0.2, -0.15) is 0 Å². The first kappa shape index (κ1) is 22.4. The lowest BCUT2D eigenvalue weighted by Crippen LogP contribution is -2.51. The molecule has 0 bridgehead atoms. The van der Waals surface area contributed by atoms with Gasteiger partial charge in [0.25, 0.3) is 17.6 Å². The number of ketones is 2. The number of benzene rings is 1. The maximum absolute atomic E-state index is 13.5. The number of hydrogen-bond donors (Lipinski definition) is 2.